The average Bonchev–Trinajstić information content (AvgIpc) is 3.37. The van der Waals surface area contributed by atoms with Crippen molar-refractivity contribution in [2.45, 2.75) is 108 Å². The number of halogens is 1. The summed E-state index contributed by atoms with van der Waals surface area (Å²) >= 11 is 6.01. The molecule has 0 spiro atoms. The zero-order valence-electron chi connectivity index (χ0n) is 39.0. The highest BCUT2D eigenvalue weighted by molar-refractivity contribution is 6.26. The van der Waals surface area contributed by atoms with Crippen molar-refractivity contribution in [3.8, 4) is 0 Å². The quantitative estimate of drug-likeness (QED) is 0.0469. The topological polar surface area (TPSA) is 147 Å². The summed E-state index contributed by atoms with van der Waals surface area (Å²) in [5, 5.41) is 0. The SMILES string of the molecule is CO[C@H]1O[C@H](CO[C@H]2O[C@H](COCc3ccccc3)[C@@H](OC(=O)CCl)[C@H](OC(C)=O)[C@H]2N(Cc2ccccc2)C(C)=O)[C@@H](OCc2ccccc2)[C@H](OCc2ccccc2)[C@H]1OCc1ccccc1. The Hall–Kier alpha value is -5.52. The summed E-state index contributed by atoms with van der Waals surface area (Å²) in [7, 11) is 1.53. The van der Waals surface area contributed by atoms with Gasteiger partial charge in [-0.25, -0.2) is 0 Å². The first kappa shape index (κ1) is 51.3. The first-order valence-corrected chi connectivity index (χ1v) is 23.5. The summed E-state index contributed by atoms with van der Waals surface area (Å²) in [6, 6.07) is 46.8. The second-order valence-corrected chi connectivity index (χ2v) is 17.0. The molecule has 7 rings (SSSR count). The standard InChI is InChI=1S/C54H60ClNO13/c1-37(57)56(30-39-19-9-4-10-20-39)47-50(66-38(2)58)49(69-46(59)29-55)44(35-61-31-40-21-11-5-12-22-40)67-53(47)65-36-45-48(62-32-41-23-13-6-14-24-41)51(63-33-42-25-15-7-16-26-42)52(54(60-3)68-45)64-34-43-27-17-8-18-28-43/h4-28,44-45,47-54H,29-36H2,1-3H3/t44-,45-,47-,48-,49-,50-,51+,52-,53+,54+/m1/s1. The minimum absolute atomic E-state index is 0.0531. The number of rotatable bonds is 23. The predicted octanol–water partition coefficient (Wildman–Crippen LogP) is 7.57. The van der Waals surface area contributed by atoms with Crippen LogP contribution in [0.2, 0.25) is 0 Å². The third kappa shape index (κ3) is 14.7. The fourth-order valence-corrected chi connectivity index (χ4v) is 8.54. The fraction of sp³-hybridized carbons (Fsp3) is 0.389. The van der Waals surface area contributed by atoms with E-state index in [-0.39, 0.29) is 46.2 Å². The Morgan fingerprint density at radius 3 is 1.43 bits per heavy atom. The highest BCUT2D eigenvalue weighted by Crippen LogP contribution is 2.35. The molecule has 0 aliphatic carbocycles. The van der Waals surface area contributed by atoms with Gasteiger partial charge in [-0.2, -0.15) is 0 Å². The Morgan fingerprint density at radius 1 is 0.507 bits per heavy atom. The largest absolute Gasteiger partial charge is 0.456 e. The molecule has 366 valence electrons. The average molecular weight is 967 g/mol. The van der Waals surface area contributed by atoms with Gasteiger partial charge in [-0.1, -0.05) is 152 Å². The number of amides is 1. The summed E-state index contributed by atoms with van der Waals surface area (Å²) in [6.07, 6.45) is -9.34. The van der Waals surface area contributed by atoms with Crippen molar-refractivity contribution in [2.75, 3.05) is 26.2 Å². The Balaban J connectivity index is 1.26. The van der Waals surface area contributed by atoms with Gasteiger partial charge in [-0.15, -0.1) is 11.6 Å². The molecule has 69 heavy (non-hydrogen) atoms. The summed E-state index contributed by atoms with van der Waals surface area (Å²) < 4.78 is 64.9. The van der Waals surface area contributed by atoms with Gasteiger partial charge in [0.05, 0.1) is 39.6 Å². The maximum atomic E-state index is 13.9. The number of benzene rings is 5. The van der Waals surface area contributed by atoms with Crippen molar-refractivity contribution in [1.82, 2.24) is 4.90 Å². The van der Waals surface area contributed by atoms with E-state index in [4.69, 9.17) is 59.0 Å². The van der Waals surface area contributed by atoms with Crippen molar-refractivity contribution >= 4 is 29.4 Å². The van der Waals surface area contributed by atoms with Crippen LogP contribution in [-0.2, 0) is 94.7 Å². The van der Waals surface area contributed by atoms with Gasteiger partial charge in [0.15, 0.2) is 24.8 Å². The zero-order chi connectivity index (χ0) is 48.4. The first-order chi connectivity index (χ1) is 33.7. The van der Waals surface area contributed by atoms with E-state index in [1.165, 1.54) is 25.9 Å². The van der Waals surface area contributed by atoms with Crippen molar-refractivity contribution in [1.29, 1.82) is 0 Å². The molecule has 5 aromatic rings. The van der Waals surface area contributed by atoms with Crippen molar-refractivity contribution in [3.63, 3.8) is 0 Å². The summed E-state index contributed by atoms with van der Waals surface area (Å²) in [4.78, 5) is 41.6. The van der Waals surface area contributed by atoms with E-state index < -0.39 is 85.1 Å². The number of ether oxygens (including phenoxy) is 10. The normalized spacial score (nSPS) is 24.5. The molecule has 14 nitrogen and oxygen atoms in total. The highest BCUT2D eigenvalue weighted by Gasteiger charge is 2.55. The number of alkyl halides is 1. The maximum absolute atomic E-state index is 13.9. The van der Waals surface area contributed by atoms with Crippen LogP contribution in [0.5, 0.6) is 0 Å². The molecule has 0 unspecified atom stereocenters. The highest BCUT2D eigenvalue weighted by atomic mass is 35.5. The third-order valence-electron chi connectivity index (χ3n) is 11.8. The molecule has 15 heteroatoms. The summed E-state index contributed by atoms with van der Waals surface area (Å²) in [5.74, 6) is -2.39. The van der Waals surface area contributed by atoms with E-state index in [9.17, 15) is 14.4 Å². The van der Waals surface area contributed by atoms with Crippen LogP contribution in [0.3, 0.4) is 0 Å². The fourth-order valence-electron chi connectivity index (χ4n) is 8.48. The third-order valence-corrected chi connectivity index (χ3v) is 12.0. The van der Waals surface area contributed by atoms with Crippen LogP contribution in [0.15, 0.2) is 152 Å². The van der Waals surface area contributed by atoms with Crippen LogP contribution in [0, 0.1) is 0 Å². The molecule has 0 radical (unpaired) electrons. The van der Waals surface area contributed by atoms with Crippen LogP contribution in [0.4, 0.5) is 0 Å². The zero-order valence-corrected chi connectivity index (χ0v) is 39.8. The van der Waals surface area contributed by atoms with E-state index in [0.717, 1.165) is 27.8 Å². The monoisotopic (exact) mass is 965 g/mol. The minimum Gasteiger partial charge on any atom is -0.456 e. The summed E-state index contributed by atoms with van der Waals surface area (Å²) in [5.41, 5.74) is 4.42. The van der Waals surface area contributed by atoms with Gasteiger partial charge < -0.3 is 52.3 Å². The Kier molecular flexibility index (Phi) is 19.7. The summed E-state index contributed by atoms with van der Waals surface area (Å²) in [6.45, 7) is 3.14. The molecular formula is C54H60ClNO13. The van der Waals surface area contributed by atoms with E-state index >= 15 is 0 Å². The van der Waals surface area contributed by atoms with E-state index in [1.54, 1.807) is 0 Å². The Morgan fingerprint density at radius 2 is 0.957 bits per heavy atom. The minimum atomic E-state index is -1.34. The number of carbonyl (C=O) groups is 3. The molecule has 5 aromatic carbocycles. The lowest BCUT2D eigenvalue weighted by Crippen LogP contribution is -2.68. The smallest absolute Gasteiger partial charge is 0.321 e. The van der Waals surface area contributed by atoms with Crippen LogP contribution in [0.25, 0.3) is 0 Å². The van der Waals surface area contributed by atoms with Gasteiger partial charge >= 0.3 is 11.9 Å². The molecule has 0 saturated carbocycles. The van der Waals surface area contributed by atoms with E-state index in [0.29, 0.717) is 0 Å². The molecule has 2 aliphatic heterocycles. The molecule has 2 heterocycles. The predicted molar refractivity (Wildman–Crippen MR) is 254 cm³/mol. The van der Waals surface area contributed by atoms with Crippen molar-refractivity contribution < 1.29 is 61.8 Å². The number of hydrogen-bond acceptors (Lipinski definition) is 13. The van der Waals surface area contributed by atoms with E-state index in [2.05, 4.69) is 0 Å². The van der Waals surface area contributed by atoms with Crippen molar-refractivity contribution in [2.24, 2.45) is 0 Å². The molecule has 2 aliphatic rings. The number of esters is 2. The lowest BCUT2D eigenvalue weighted by molar-refractivity contribution is -0.338. The molecule has 10 atom stereocenters. The van der Waals surface area contributed by atoms with Crippen molar-refractivity contribution in [3.05, 3.63) is 179 Å². The van der Waals surface area contributed by atoms with Gasteiger partial charge in [0.1, 0.15) is 42.4 Å². The Labute approximate surface area is 408 Å². The Bertz CT molecular complexity index is 2300. The second kappa shape index (κ2) is 26.5. The molecule has 0 N–H and O–H groups in total. The van der Waals surface area contributed by atoms with E-state index in [1.807, 2.05) is 152 Å². The first-order valence-electron chi connectivity index (χ1n) is 23.0. The lowest BCUT2D eigenvalue weighted by atomic mass is 9.94. The van der Waals surface area contributed by atoms with Gasteiger partial charge in [0.25, 0.3) is 0 Å². The van der Waals surface area contributed by atoms with Gasteiger partial charge in [0, 0.05) is 27.5 Å². The maximum Gasteiger partial charge on any atom is 0.321 e. The number of hydrogen-bond donors (Lipinski definition) is 0. The number of nitrogens with zero attached hydrogens (tertiary/aromatic N) is 1. The van der Waals surface area contributed by atoms with Gasteiger partial charge in [-0.3, -0.25) is 14.4 Å². The molecule has 1 amide bonds. The number of methoxy groups -OCH3 is 1. The van der Waals surface area contributed by atoms with Crippen LogP contribution in [0.1, 0.15) is 41.7 Å². The van der Waals surface area contributed by atoms with Gasteiger partial charge in [0.2, 0.25) is 5.91 Å². The number of carbonyl (C=O) groups excluding carboxylic acids is 3. The second-order valence-electron chi connectivity index (χ2n) is 16.7. The van der Waals surface area contributed by atoms with Crippen LogP contribution < -0.4 is 0 Å². The molecule has 0 bridgehead atoms. The molecular weight excluding hydrogens is 906 g/mol. The van der Waals surface area contributed by atoms with Gasteiger partial charge in [-0.05, 0) is 27.8 Å². The molecule has 2 fully saturated rings. The lowest BCUT2D eigenvalue weighted by Gasteiger charge is -2.49. The molecule has 2 saturated heterocycles. The molecule has 0 aromatic heterocycles. The van der Waals surface area contributed by atoms with Crippen LogP contribution >= 0.6 is 11.6 Å². The van der Waals surface area contributed by atoms with Crippen LogP contribution in [-0.4, -0.2) is 110 Å².